The van der Waals surface area contributed by atoms with Crippen molar-refractivity contribution in [1.29, 1.82) is 0 Å². The van der Waals surface area contributed by atoms with Crippen LogP contribution in [0.1, 0.15) is 32.4 Å². The molecule has 5 nitrogen and oxygen atoms in total. The minimum absolute atomic E-state index is 0.0510. The van der Waals surface area contributed by atoms with E-state index in [-0.39, 0.29) is 24.2 Å². The van der Waals surface area contributed by atoms with Crippen molar-refractivity contribution in [3.8, 4) is 0 Å². The van der Waals surface area contributed by atoms with Gasteiger partial charge in [-0.15, -0.1) is 0 Å². The second-order valence-corrected chi connectivity index (χ2v) is 7.32. The smallest absolute Gasteiger partial charge is 0.262 e. The topological polar surface area (TPSA) is 55.2 Å². The molecule has 23 heavy (non-hydrogen) atoms. The van der Waals surface area contributed by atoms with Crippen molar-refractivity contribution >= 4 is 10.0 Å². The van der Waals surface area contributed by atoms with Gasteiger partial charge in [0.05, 0.1) is 6.33 Å². The van der Waals surface area contributed by atoms with Crippen LogP contribution in [0.4, 0.5) is 8.78 Å². The van der Waals surface area contributed by atoms with Crippen molar-refractivity contribution in [2.75, 3.05) is 6.54 Å². The molecule has 0 fully saturated rings. The van der Waals surface area contributed by atoms with Crippen LogP contribution in [0.2, 0.25) is 0 Å². The average Bonchev–Trinajstić information content (AvgIpc) is 2.99. The molecule has 0 aliphatic carbocycles. The molecule has 0 unspecified atom stereocenters. The highest BCUT2D eigenvalue weighted by Crippen LogP contribution is 2.19. The Hall–Kier alpha value is -1.80. The molecule has 0 radical (unpaired) electrons. The van der Waals surface area contributed by atoms with Gasteiger partial charge in [0, 0.05) is 25.3 Å². The van der Waals surface area contributed by atoms with Gasteiger partial charge in [-0.25, -0.2) is 22.2 Å². The lowest BCUT2D eigenvalue weighted by molar-refractivity contribution is 0.419. The van der Waals surface area contributed by atoms with Gasteiger partial charge in [-0.05, 0) is 31.5 Å². The van der Waals surface area contributed by atoms with Gasteiger partial charge in [-0.1, -0.05) is 13.0 Å². The Morgan fingerprint density at radius 3 is 2.48 bits per heavy atom. The van der Waals surface area contributed by atoms with Gasteiger partial charge < -0.3 is 4.57 Å². The maximum absolute atomic E-state index is 13.3. The molecule has 0 aliphatic rings. The number of benzene rings is 1. The Kier molecular flexibility index (Phi) is 5.16. The number of nitrogens with zero attached hydrogens (tertiary/aromatic N) is 3. The molecule has 0 bridgehead atoms. The lowest BCUT2D eigenvalue weighted by Gasteiger charge is -2.19. The van der Waals surface area contributed by atoms with E-state index in [0.717, 1.165) is 12.1 Å². The summed E-state index contributed by atoms with van der Waals surface area (Å²) in [7, 11) is -3.80. The lowest BCUT2D eigenvalue weighted by Crippen LogP contribution is -2.30. The Morgan fingerprint density at radius 1 is 1.26 bits per heavy atom. The zero-order valence-corrected chi connectivity index (χ0v) is 14.0. The molecule has 1 aromatic heterocycles. The van der Waals surface area contributed by atoms with Crippen LogP contribution in [0.5, 0.6) is 0 Å². The summed E-state index contributed by atoms with van der Waals surface area (Å²) in [4.78, 5) is 3.95. The third-order valence-electron chi connectivity index (χ3n) is 3.47. The molecule has 0 spiro atoms. The van der Waals surface area contributed by atoms with Gasteiger partial charge in [-0.2, -0.15) is 4.31 Å². The van der Waals surface area contributed by atoms with Gasteiger partial charge in [0.15, 0.2) is 16.7 Å². The fraction of sp³-hybridized carbons (Fsp3) is 0.400. The maximum atomic E-state index is 13.3. The summed E-state index contributed by atoms with van der Waals surface area (Å²) < 4.78 is 54.4. The number of imidazole rings is 1. The minimum Gasteiger partial charge on any atom is -0.334 e. The second kappa shape index (κ2) is 6.76. The van der Waals surface area contributed by atoms with Gasteiger partial charge >= 0.3 is 0 Å². The zero-order valence-electron chi connectivity index (χ0n) is 13.2. The van der Waals surface area contributed by atoms with Crippen LogP contribution < -0.4 is 0 Å². The van der Waals surface area contributed by atoms with Crippen LogP contribution >= 0.6 is 0 Å². The van der Waals surface area contributed by atoms with Crippen LogP contribution in [0.15, 0.2) is 35.7 Å². The Balaban J connectivity index is 2.28. The summed E-state index contributed by atoms with van der Waals surface area (Å²) in [5.74, 6) is -1.96. The second-order valence-electron chi connectivity index (χ2n) is 5.43. The molecule has 0 atom stereocenters. The molecule has 0 N–H and O–H groups in total. The molecular weight excluding hydrogens is 324 g/mol. The predicted octanol–water partition coefficient (Wildman–Crippen LogP) is 2.95. The summed E-state index contributed by atoms with van der Waals surface area (Å²) in [6, 6.07) is 3.44. The van der Waals surface area contributed by atoms with Crippen molar-refractivity contribution in [2.45, 2.75) is 38.4 Å². The van der Waals surface area contributed by atoms with Crippen LogP contribution in [-0.4, -0.2) is 28.8 Å². The van der Waals surface area contributed by atoms with E-state index < -0.39 is 21.7 Å². The van der Waals surface area contributed by atoms with E-state index in [9.17, 15) is 17.2 Å². The van der Waals surface area contributed by atoms with E-state index >= 15 is 0 Å². The number of sulfonamides is 1. The minimum atomic E-state index is -3.80. The van der Waals surface area contributed by atoms with E-state index in [1.54, 1.807) is 11.5 Å². The standard InChI is InChI=1S/C15H19F2N3O2S/c1-4-20(8-12-5-6-13(16)14(17)7-12)23(21,22)15-9-19(10-18-15)11(2)3/h5-7,9-11H,4,8H2,1-3H3. The number of hydrogen-bond donors (Lipinski definition) is 0. The zero-order chi connectivity index (χ0) is 17.2. The number of aromatic nitrogens is 2. The van der Waals surface area contributed by atoms with E-state index in [4.69, 9.17) is 0 Å². The molecule has 0 aliphatic heterocycles. The van der Waals surface area contributed by atoms with Gasteiger partial charge in [-0.3, -0.25) is 0 Å². The van der Waals surface area contributed by atoms with E-state index in [1.807, 2.05) is 13.8 Å². The summed E-state index contributed by atoms with van der Waals surface area (Å²) in [5, 5.41) is -0.0596. The van der Waals surface area contributed by atoms with E-state index in [1.165, 1.54) is 22.9 Å². The van der Waals surface area contributed by atoms with E-state index in [0.29, 0.717) is 5.56 Å². The summed E-state index contributed by atoms with van der Waals surface area (Å²) in [6.07, 6.45) is 2.93. The van der Waals surface area contributed by atoms with Crippen molar-refractivity contribution < 1.29 is 17.2 Å². The fourth-order valence-corrected chi connectivity index (χ4v) is 3.43. The first-order valence-corrected chi connectivity index (χ1v) is 8.67. The molecule has 2 rings (SSSR count). The molecule has 0 amide bonds. The molecule has 1 aromatic carbocycles. The monoisotopic (exact) mass is 343 g/mol. The van der Waals surface area contributed by atoms with Gasteiger partial charge in [0.2, 0.25) is 0 Å². The average molecular weight is 343 g/mol. The van der Waals surface area contributed by atoms with Crippen LogP contribution in [-0.2, 0) is 16.6 Å². The summed E-state index contributed by atoms with van der Waals surface area (Å²) >= 11 is 0. The Labute approximate surface area is 134 Å². The number of rotatable bonds is 6. The highest BCUT2D eigenvalue weighted by Gasteiger charge is 2.26. The lowest BCUT2D eigenvalue weighted by atomic mass is 10.2. The normalized spacial score (nSPS) is 12.3. The molecule has 0 saturated heterocycles. The molecule has 1 heterocycles. The molecule has 0 saturated carbocycles. The van der Waals surface area contributed by atoms with E-state index in [2.05, 4.69) is 4.98 Å². The third-order valence-corrected chi connectivity index (χ3v) is 5.28. The molecule has 2 aromatic rings. The van der Waals surface area contributed by atoms with Crippen molar-refractivity contribution in [1.82, 2.24) is 13.9 Å². The van der Waals surface area contributed by atoms with Crippen molar-refractivity contribution in [2.24, 2.45) is 0 Å². The largest absolute Gasteiger partial charge is 0.334 e. The first-order valence-electron chi connectivity index (χ1n) is 7.23. The highest BCUT2D eigenvalue weighted by molar-refractivity contribution is 7.89. The number of hydrogen-bond acceptors (Lipinski definition) is 3. The van der Waals surface area contributed by atoms with Gasteiger partial charge in [0.1, 0.15) is 0 Å². The maximum Gasteiger partial charge on any atom is 0.262 e. The first-order chi connectivity index (χ1) is 10.8. The summed E-state index contributed by atoms with van der Waals surface area (Å²) in [6.45, 7) is 5.64. The third kappa shape index (κ3) is 3.76. The van der Waals surface area contributed by atoms with Crippen LogP contribution in [0.3, 0.4) is 0 Å². The van der Waals surface area contributed by atoms with Crippen LogP contribution in [0.25, 0.3) is 0 Å². The van der Waals surface area contributed by atoms with Crippen LogP contribution in [0, 0.1) is 11.6 Å². The Bertz CT molecular complexity index is 788. The van der Waals surface area contributed by atoms with Crippen molar-refractivity contribution in [3.05, 3.63) is 47.9 Å². The highest BCUT2D eigenvalue weighted by atomic mass is 32.2. The fourth-order valence-electron chi connectivity index (χ4n) is 2.07. The Morgan fingerprint density at radius 2 is 1.96 bits per heavy atom. The summed E-state index contributed by atoms with van der Waals surface area (Å²) in [5.41, 5.74) is 0.373. The molecular formula is C15H19F2N3O2S. The predicted molar refractivity (Wildman–Crippen MR) is 82.2 cm³/mol. The number of halogens is 2. The molecule has 8 heteroatoms. The first kappa shape index (κ1) is 17.6. The quantitative estimate of drug-likeness (QED) is 0.810. The molecule has 126 valence electrons. The van der Waals surface area contributed by atoms with Crippen molar-refractivity contribution in [3.63, 3.8) is 0 Å². The SMILES string of the molecule is CCN(Cc1ccc(F)c(F)c1)S(=O)(=O)c1cn(C(C)C)cn1. The van der Waals surface area contributed by atoms with Gasteiger partial charge in [0.25, 0.3) is 10.0 Å².